The molecule has 0 saturated carbocycles. The van der Waals surface area contributed by atoms with Crippen molar-refractivity contribution in [2.45, 2.75) is 325 Å². The minimum Gasteiger partial charge on any atom is -0.462 e. The first-order valence-electron chi connectivity index (χ1n) is 39.8. The monoisotopic (exact) mass is 1620 g/mol. The molecule has 0 aliphatic carbocycles. The predicted molar refractivity (Wildman–Crippen MR) is 449 cm³/mol. The van der Waals surface area contributed by atoms with Gasteiger partial charge in [0, 0.05) is 39.2 Å². The summed E-state index contributed by atoms with van der Waals surface area (Å²) >= 11 is 0. The van der Waals surface area contributed by atoms with Crippen LogP contribution in [0.15, 0.2) is 110 Å². The van der Waals surface area contributed by atoms with E-state index >= 15 is 4.79 Å². The summed E-state index contributed by atoms with van der Waals surface area (Å²) in [7, 11) is -1.84. The molecule has 5 aliphatic heterocycles. The molecule has 610 valence electrons. The summed E-state index contributed by atoms with van der Waals surface area (Å²) in [5.41, 5.74) is 0.660. The fourth-order valence-electron chi connectivity index (χ4n) is 15.9. The zero-order valence-electron chi connectivity index (χ0n) is 68.7. The van der Waals surface area contributed by atoms with E-state index in [1.165, 1.54) is 6.08 Å². The Kier molecular flexibility index (Phi) is 41.8. The molecule has 5 rings (SSSR count). The number of alkyl carbamates (subject to hydrolysis) is 1. The van der Waals surface area contributed by atoms with Crippen molar-refractivity contribution in [2.75, 3.05) is 33.7 Å². The first kappa shape index (κ1) is 95.3. The van der Waals surface area contributed by atoms with Gasteiger partial charge in [0.25, 0.3) is 0 Å². The molecule has 0 aromatic carbocycles. The largest absolute Gasteiger partial charge is 0.462 e. The number of hydrogen-bond donors (Lipinski definition) is 2. The molecule has 25 atom stereocenters. The smallest absolute Gasteiger partial charge is 0.407 e. The average Bonchev–Trinajstić information content (AvgIpc) is 0.765. The van der Waals surface area contributed by atoms with Gasteiger partial charge in [-0.2, -0.15) is 0 Å². The van der Waals surface area contributed by atoms with Crippen LogP contribution in [0.4, 0.5) is 4.79 Å². The Morgan fingerprint density at radius 1 is 0.617 bits per heavy atom. The molecule has 0 aromatic heterocycles. The van der Waals surface area contributed by atoms with E-state index in [0.717, 1.165) is 36.3 Å². The normalized spacial score (nSPS) is 35.8. The number of aliphatic hydroxyl groups excluding tert-OH is 1. The molecule has 5 heterocycles. The lowest BCUT2D eigenvalue weighted by molar-refractivity contribution is -0.325. The van der Waals surface area contributed by atoms with Crippen LogP contribution in [0.25, 0.3) is 0 Å². The van der Waals surface area contributed by atoms with Crippen molar-refractivity contribution in [2.24, 2.45) is 23.7 Å². The number of ether oxygens (including phenoxy) is 11. The zero-order valence-corrected chi connectivity index (χ0v) is 75.8. The van der Waals surface area contributed by atoms with Crippen LogP contribution in [0.5, 0.6) is 0 Å². The number of esters is 2. The van der Waals surface area contributed by atoms with Crippen molar-refractivity contribution >= 4 is 76.1 Å². The Bertz CT molecular complexity index is 2910. The average molecular weight is 1630 g/mol. The summed E-state index contributed by atoms with van der Waals surface area (Å²) in [6.07, 6.45) is 22.9. The standard InChI is InChI=1S/C81H141NO18P4Si3/c1-23-47-88-76(85)72-69-50-63(92-77-74(84)73(82-78(86)89-48-24-2)75(62(19)91-77)100-107(29-7,30-8)57(13)14)44-42-40-38-36-34-32-31-33-35-37-39-41-43-58(15)59(16)60(17)61(18)90-71(83)52-65-49-64(93-79(94-65)103(21)101)45-46-67(98-105(25-3,26-4)55(9)10)68-51-66(95-80(96-68)104(22)102)53-81(87-20,97-69)54-70(72)99-106(27-5,28-6)56(11)12/h23-24,31-44,55-70,72-75,77,79-80,84H,1-2,25-30,45-54,101-102H2,3-22H3,(H,82,86)/b32-31+,35-33+,36-34+,39-37+,40-38+,43-41+,44-42+/t58-,59+,60+,61-,62+,63-,64+,65+,66-,67+,68+,69-,70-,72-,73+,74-,75+,77-,79?,80?,81+,103?,104?/m0/s1. The Morgan fingerprint density at radius 3 is 1.64 bits per heavy atom. The number of cyclic esters (lactones) is 1. The Balaban J connectivity index is 1.74. The van der Waals surface area contributed by atoms with E-state index < -0.39 is 143 Å². The molecule has 2 N–H and O–H groups in total. The van der Waals surface area contributed by atoms with Crippen molar-refractivity contribution < 1.29 is 84.9 Å². The summed E-state index contributed by atoms with van der Waals surface area (Å²) in [4.78, 5) is 43.1. The third-order valence-corrected chi connectivity index (χ3v) is 42.5. The van der Waals surface area contributed by atoms with Crippen LogP contribution in [0.2, 0.25) is 52.9 Å². The SMILES string of the molecule is C=CCOC(=O)N[C@@H]1[C@H](O)[C@H](O[C@H]2/C=C/C=C/C=C/C=C/C=C/C=C/C=C/[C@H](C)[C@@H](C)[C@@H](C)[C@H](C)OC(=O)C[C@H]3C[C@@H](CC[C@@H](O[Si](CC)(CC)C(C)C)[C@H]4C[C@@H](C[C@]5(OC)C[C@H](O[Si](CC)(CC)C(C)C)[C@@H](C(=O)OCC=C)[C@H](C2)O5)OC(P(C)P)O4)OC(P(C)P)O3)O[C@H](C)[C@H]1O[Si](CC)(CC)C(C)C. The topological polar surface area (TPSA) is 213 Å². The summed E-state index contributed by atoms with van der Waals surface area (Å²) in [5.74, 6) is -2.75. The number of amides is 1. The van der Waals surface area contributed by atoms with Gasteiger partial charge in [-0.05, 0) is 126 Å². The second-order valence-electron chi connectivity index (χ2n) is 31.1. The fraction of sp³-hybridized carbons (Fsp3) is 0.741. The van der Waals surface area contributed by atoms with E-state index in [1.807, 2.05) is 86.8 Å². The molecule has 26 heteroatoms. The number of carbonyl (C=O) groups is 3. The number of fused-ring (bicyclic) bond motifs is 6. The lowest BCUT2D eigenvalue weighted by atomic mass is 9.82. The number of methoxy groups -OCH3 is 1. The number of rotatable bonds is 26. The van der Waals surface area contributed by atoms with Gasteiger partial charge < -0.3 is 75.8 Å². The Hall–Kier alpha value is -2.24. The summed E-state index contributed by atoms with van der Waals surface area (Å²) in [6.45, 7) is 48.7. The third-order valence-electron chi connectivity index (χ3n) is 23.5. The molecular formula is C81H141NO18P4Si3. The van der Waals surface area contributed by atoms with Crippen LogP contribution in [0.1, 0.15) is 169 Å². The summed E-state index contributed by atoms with van der Waals surface area (Å²) in [5, 5.41) is 15.8. The Labute approximate surface area is 655 Å². The summed E-state index contributed by atoms with van der Waals surface area (Å²) in [6, 6.07) is 2.82. The quantitative estimate of drug-likeness (QED) is 0.0271. The second kappa shape index (κ2) is 47.0. The van der Waals surface area contributed by atoms with Crippen molar-refractivity contribution in [1.82, 2.24) is 5.32 Å². The number of carbonyl (C=O) groups excluding carboxylic acids is 3. The maximum atomic E-state index is 15.4. The van der Waals surface area contributed by atoms with Crippen LogP contribution in [-0.2, 0) is 75.0 Å². The molecule has 0 aromatic rings. The van der Waals surface area contributed by atoms with Crippen molar-refractivity contribution in [3.8, 4) is 0 Å². The van der Waals surface area contributed by atoms with E-state index in [1.54, 1.807) is 13.2 Å². The minimum atomic E-state index is -2.68. The molecule has 1 amide bonds. The highest BCUT2D eigenvalue weighted by Crippen LogP contribution is 2.54. The van der Waals surface area contributed by atoms with E-state index in [9.17, 15) is 14.7 Å². The third kappa shape index (κ3) is 27.8. The highest BCUT2D eigenvalue weighted by Gasteiger charge is 2.57. The molecule has 0 spiro atoms. The van der Waals surface area contributed by atoms with Crippen LogP contribution in [0.3, 0.4) is 0 Å². The van der Waals surface area contributed by atoms with E-state index in [4.69, 9.17) is 65.4 Å². The van der Waals surface area contributed by atoms with Gasteiger partial charge in [-0.25, -0.2) is 4.79 Å². The maximum absolute atomic E-state index is 15.4. The molecular weight excluding hydrogens is 1480 g/mol. The molecule has 4 saturated heterocycles. The van der Waals surface area contributed by atoms with Crippen molar-refractivity contribution in [1.29, 1.82) is 0 Å². The van der Waals surface area contributed by atoms with Gasteiger partial charge in [0.15, 0.2) is 49.1 Å². The minimum absolute atomic E-state index is 0.00409. The zero-order chi connectivity index (χ0) is 79.4. The van der Waals surface area contributed by atoms with E-state index in [0.29, 0.717) is 31.2 Å². The van der Waals surface area contributed by atoms with Crippen LogP contribution in [-0.4, -0.2) is 185 Å². The van der Waals surface area contributed by atoms with Crippen molar-refractivity contribution in [3.63, 3.8) is 0 Å². The number of allylic oxidation sites excluding steroid dienone is 13. The van der Waals surface area contributed by atoms with Gasteiger partial charge in [-0.15, -0.1) is 17.9 Å². The molecule has 6 unspecified atom stereocenters. The van der Waals surface area contributed by atoms with E-state index in [2.05, 4.69) is 166 Å². The van der Waals surface area contributed by atoms with Gasteiger partial charge in [0.1, 0.15) is 31.3 Å². The van der Waals surface area contributed by atoms with Crippen LogP contribution < -0.4 is 5.32 Å². The van der Waals surface area contributed by atoms with Gasteiger partial charge in [-0.3, -0.25) is 9.59 Å². The van der Waals surface area contributed by atoms with Crippen LogP contribution >= 0.6 is 33.1 Å². The highest BCUT2D eigenvalue weighted by atomic mass is 32.0. The second-order valence-corrected chi connectivity index (χ2v) is 54.3. The number of nitrogens with one attached hydrogen (secondary N) is 1. The van der Waals surface area contributed by atoms with Crippen LogP contribution in [0, 0.1) is 23.7 Å². The first-order chi connectivity index (χ1) is 50.8. The van der Waals surface area contributed by atoms with Gasteiger partial charge in [0.05, 0.1) is 73.5 Å². The molecule has 5 aliphatic rings. The van der Waals surface area contributed by atoms with Gasteiger partial charge in [0.2, 0.25) is 0 Å². The van der Waals surface area contributed by atoms with Crippen molar-refractivity contribution in [3.05, 3.63) is 110 Å². The predicted octanol–water partition coefficient (Wildman–Crippen LogP) is 19.0. The van der Waals surface area contributed by atoms with Gasteiger partial charge in [-0.1, -0.05) is 214 Å². The molecule has 4 fully saturated rings. The number of hydrogen-bond acceptors (Lipinski definition) is 18. The maximum Gasteiger partial charge on any atom is 0.407 e. The van der Waals surface area contributed by atoms with E-state index in [-0.39, 0.29) is 92.0 Å². The van der Waals surface area contributed by atoms with Gasteiger partial charge >= 0.3 is 18.0 Å². The lowest BCUT2D eigenvalue weighted by Crippen LogP contribution is -2.67. The first-order valence-corrected chi connectivity index (χ1v) is 54.0. The molecule has 19 nitrogen and oxygen atoms in total. The summed E-state index contributed by atoms with van der Waals surface area (Å²) < 4.78 is 96.9. The molecule has 107 heavy (non-hydrogen) atoms. The highest BCUT2D eigenvalue weighted by molar-refractivity contribution is 8.13. The molecule has 6 bridgehead atoms. The lowest BCUT2D eigenvalue weighted by Gasteiger charge is -2.52. The number of aliphatic hydroxyl groups is 1. The fourth-order valence-corrected chi connectivity index (χ4v) is 29.0. The Morgan fingerprint density at radius 2 is 1.11 bits per heavy atom. The molecule has 0 radical (unpaired) electrons.